The predicted octanol–water partition coefficient (Wildman–Crippen LogP) is 9.30. The molecule has 0 radical (unpaired) electrons. The van der Waals surface area contributed by atoms with Gasteiger partial charge in [0.05, 0.1) is 16.7 Å². The molecule has 0 N–H and O–H groups in total. The molecule has 0 spiro atoms. The summed E-state index contributed by atoms with van der Waals surface area (Å²) >= 11 is 0. The summed E-state index contributed by atoms with van der Waals surface area (Å²) in [6.45, 7) is 0. The van der Waals surface area contributed by atoms with Gasteiger partial charge in [0.1, 0.15) is 5.69 Å². The Labute approximate surface area is 254 Å². The molecule has 0 aliphatic heterocycles. The SMILES string of the molecule is c1ccc(-c2ccc3cc(-c4ccc5ccc(-c6nc(-c7ccccc7)nc(-c7ccccc7)n6)nc5c4)ccc3n2)cc1. The van der Waals surface area contributed by atoms with E-state index in [1.165, 1.54) is 0 Å². The third kappa shape index (κ3) is 4.97. The number of nitrogens with zero attached hydrogens (tertiary/aromatic N) is 5. The minimum Gasteiger partial charge on any atom is -0.248 e. The zero-order valence-electron chi connectivity index (χ0n) is 23.7. The minimum absolute atomic E-state index is 0.538. The van der Waals surface area contributed by atoms with Gasteiger partial charge in [-0.05, 0) is 41.5 Å². The molecule has 0 saturated carbocycles. The number of fused-ring (bicyclic) bond motifs is 2. The highest BCUT2D eigenvalue weighted by Crippen LogP contribution is 2.30. The molecule has 0 amide bonds. The van der Waals surface area contributed by atoms with Crippen LogP contribution >= 0.6 is 0 Å². The summed E-state index contributed by atoms with van der Waals surface area (Å²) in [5.74, 6) is 1.77. The second-order valence-corrected chi connectivity index (χ2v) is 10.6. The van der Waals surface area contributed by atoms with Crippen LogP contribution in [0.4, 0.5) is 0 Å². The first-order valence-electron chi connectivity index (χ1n) is 14.5. The van der Waals surface area contributed by atoms with Crippen LogP contribution in [0.1, 0.15) is 0 Å². The molecule has 0 bridgehead atoms. The first-order valence-corrected chi connectivity index (χ1v) is 14.5. The fourth-order valence-electron chi connectivity index (χ4n) is 5.42. The largest absolute Gasteiger partial charge is 0.248 e. The van der Waals surface area contributed by atoms with Crippen LogP contribution in [-0.4, -0.2) is 24.9 Å². The lowest BCUT2D eigenvalue weighted by Crippen LogP contribution is -2.01. The van der Waals surface area contributed by atoms with Gasteiger partial charge in [-0.3, -0.25) is 0 Å². The zero-order chi connectivity index (χ0) is 29.3. The Bertz CT molecular complexity index is 2210. The molecular formula is C39H25N5. The van der Waals surface area contributed by atoms with Gasteiger partial charge in [-0.15, -0.1) is 0 Å². The fourth-order valence-corrected chi connectivity index (χ4v) is 5.42. The van der Waals surface area contributed by atoms with Crippen LogP contribution in [0.2, 0.25) is 0 Å². The Morgan fingerprint density at radius 3 is 1.45 bits per heavy atom. The van der Waals surface area contributed by atoms with E-state index < -0.39 is 0 Å². The minimum atomic E-state index is 0.538. The van der Waals surface area contributed by atoms with Gasteiger partial charge < -0.3 is 0 Å². The summed E-state index contributed by atoms with van der Waals surface area (Å²) < 4.78 is 0. The second kappa shape index (κ2) is 11.0. The van der Waals surface area contributed by atoms with Crippen LogP contribution in [-0.2, 0) is 0 Å². The van der Waals surface area contributed by atoms with Crippen molar-refractivity contribution < 1.29 is 0 Å². The molecule has 0 unspecified atom stereocenters. The van der Waals surface area contributed by atoms with Crippen molar-refractivity contribution in [3.05, 3.63) is 152 Å². The van der Waals surface area contributed by atoms with Crippen LogP contribution in [0, 0.1) is 0 Å². The highest BCUT2D eigenvalue weighted by Gasteiger charge is 2.14. The van der Waals surface area contributed by atoms with E-state index in [4.69, 9.17) is 24.9 Å². The summed E-state index contributed by atoms with van der Waals surface area (Å²) in [5.41, 5.74) is 8.67. The number of pyridine rings is 2. The van der Waals surface area contributed by atoms with E-state index in [1.807, 2.05) is 84.9 Å². The highest BCUT2D eigenvalue weighted by molar-refractivity contribution is 5.90. The van der Waals surface area contributed by atoms with Gasteiger partial charge in [-0.1, -0.05) is 121 Å². The van der Waals surface area contributed by atoms with Crippen LogP contribution < -0.4 is 0 Å². The molecule has 8 aromatic rings. The lowest BCUT2D eigenvalue weighted by Gasteiger charge is -2.09. The Morgan fingerprint density at radius 1 is 0.273 bits per heavy atom. The summed E-state index contributed by atoms with van der Waals surface area (Å²) in [5, 5.41) is 2.14. The maximum absolute atomic E-state index is 5.04. The second-order valence-electron chi connectivity index (χ2n) is 10.6. The average Bonchev–Trinajstić information content (AvgIpc) is 3.11. The van der Waals surface area contributed by atoms with Crippen LogP contribution in [0.25, 0.3) is 78.5 Å². The topological polar surface area (TPSA) is 64.5 Å². The molecular weight excluding hydrogens is 538 g/mol. The van der Waals surface area contributed by atoms with Crippen molar-refractivity contribution in [3.63, 3.8) is 0 Å². The molecule has 5 nitrogen and oxygen atoms in total. The molecule has 8 rings (SSSR count). The van der Waals surface area contributed by atoms with Crippen molar-refractivity contribution in [2.24, 2.45) is 0 Å². The molecule has 0 aliphatic carbocycles. The summed E-state index contributed by atoms with van der Waals surface area (Å²) in [7, 11) is 0. The lowest BCUT2D eigenvalue weighted by atomic mass is 10.0. The summed E-state index contributed by atoms with van der Waals surface area (Å²) in [6.07, 6.45) is 0. The monoisotopic (exact) mass is 563 g/mol. The standard InChI is InChI=1S/C39H25N5/c1-4-10-26(11-5-1)33-22-20-32-24-30(19-21-34(32)40-33)31-17-16-27-18-23-35(41-36(27)25-31)39-43-37(28-12-6-2-7-13-28)42-38(44-39)29-14-8-3-9-15-29/h1-25H. The zero-order valence-corrected chi connectivity index (χ0v) is 23.7. The normalized spacial score (nSPS) is 11.2. The molecule has 3 heterocycles. The molecule has 5 heteroatoms. The number of benzene rings is 5. The maximum Gasteiger partial charge on any atom is 0.182 e. The van der Waals surface area contributed by atoms with Gasteiger partial charge in [0.15, 0.2) is 17.5 Å². The molecule has 5 aromatic carbocycles. The van der Waals surface area contributed by atoms with Gasteiger partial charge >= 0.3 is 0 Å². The quantitative estimate of drug-likeness (QED) is 0.209. The van der Waals surface area contributed by atoms with Crippen LogP contribution in [0.5, 0.6) is 0 Å². The Kier molecular flexibility index (Phi) is 6.39. The van der Waals surface area contributed by atoms with E-state index in [2.05, 4.69) is 66.7 Å². The van der Waals surface area contributed by atoms with Crippen molar-refractivity contribution in [2.75, 3.05) is 0 Å². The fraction of sp³-hybridized carbons (Fsp3) is 0. The Balaban J connectivity index is 1.19. The maximum atomic E-state index is 5.04. The van der Waals surface area contributed by atoms with Gasteiger partial charge in [0, 0.05) is 27.5 Å². The van der Waals surface area contributed by atoms with E-state index >= 15 is 0 Å². The number of hydrogen-bond acceptors (Lipinski definition) is 5. The summed E-state index contributed by atoms with van der Waals surface area (Å²) in [4.78, 5) is 24.5. The first kappa shape index (κ1) is 25.6. The van der Waals surface area contributed by atoms with Gasteiger partial charge in [0.25, 0.3) is 0 Å². The smallest absolute Gasteiger partial charge is 0.182 e. The highest BCUT2D eigenvalue weighted by atomic mass is 15.0. The Hall–Kier alpha value is -6.07. The molecule has 206 valence electrons. The molecule has 44 heavy (non-hydrogen) atoms. The van der Waals surface area contributed by atoms with E-state index in [9.17, 15) is 0 Å². The number of aromatic nitrogens is 5. The van der Waals surface area contributed by atoms with Crippen LogP contribution in [0.15, 0.2) is 152 Å². The van der Waals surface area contributed by atoms with E-state index in [0.717, 1.165) is 55.3 Å². The predicted molar refractivity (Wildman–Crippen MR) is 178 cm³/mol. The molecule has 0 fully saturated rings. The molecule has 0 aliphatic rings. The lowest BCUT2D eigenvalue weighted by molar-refractivity contribution is 1.06. The van der Waals surface area contributed by atoms with Crippen molar-refractivity contribution in [1.29, 1.82) is 0 Å². The van der Waals surface area contributed by atoms with Gasteiger partial charge in [-0.25, -0.2) is 24.9 Å². The molecule has 0 atom stereocenters. The van der Waals surface area contributed by atoms with Crippen molar-refractivity contribution in [3.8, 4) is 56.7 Å². The van der Waals surface area contributed by atoms with Crippen molar-refractivity contribution in [2.45, 2.75) is 0 Å². The van der Waals surface area contributed by atoms with E-state index in [1.54, 1.807) is 0 Å². The Morgan fingerprint density at radius 2 is 0.773 bits per heavy atom. The molecule has 0 saturated heterocycles. The van der Waals surface area contributed by atoms with Gasteiger partial charge in [0.2, 0.25) is 0 Å². The van der Waals surface area contributed by atoms with E-state index in [0.29, 0.717) is 23.2 Å². The number of hydrogen-bond donors (Lipinski definition) is 0. The van der Waals surface area contributed by atoms with Crippen molar-refractivity contribution >= 4 is 21.8 Å². The number of rotatable bonds is 5. The van der Waals surface area contributed by atoms with E-state index in [-0.39, 0.29) is 0 Å². The third-order valence-electron chi connectivity index (χ3n) is 7.71. The average molecular weight is 564 g/mol. The van der Waals surface area contributed by atoms with Crippen molar-refractivity contribution in [1.82, 2.24) is 24.9 Å². The summed E-state index contributed by atoms with van der Waals surface area (Å²) in [6, 6.07) is 51.3. The van der Waals surface area contributed by atoms with Crippen LogP contribution in [0.3, 0.4) is 0 Å². The first-order chi connectivity index (χ1) is 21.8. The third-order valence-corrected chi connectivity index (χ3v) is 7.71. The molecule has 3 aromatic heterocycles. The van der Waals surface area contributed by atoms with Gasteiger partial charge in [-0.2, -0.15) is 0 Å².